The number of nitrogens with zero attached hydrogens (tertiary/aromatic N) is 1. The van der Waals surface area contributed by atoms with Gasteiger partial charge in [-0.15, -0.1) is 0 Å². The molecule has 0 amide bonds. The average Bonchev–Trinajstić information content (AvgIpc) is 2.02. The Balaban J connectivity index is 3.90. The van der Waals surface area contributed by atoms with Crippen LogP contribution in [0.3, 0.4) is 0 Å². The largest absolute Gasteiger partial charge is 0.299 e. The van der Waals surface area contributed by atoms with Crippen molar-refractivity contribution in [2.24, 2.45) is 5.92 Å². The molecule has 0 saturated heterocycles. The van der Waals surface area contributed by atoms with Gasteiger partial charge in [0.2, 0.25) is 0 Å². The molecule has 0 radical (unpaired) electrons. The molecule has 0 fully saturated rings. The lowest BCUT2D eigenvalue weighted by molar-refractivity contribution is 0.386. The van der Waals surface area contributed by atoms with E-state index in [0.29, 0.717) is 5.92 Å². The lowest BCUT2D eigenvalue weighted by Gasteiger charge is -2.23. The lowest BCUT2D eigenvalue weighted by atomic mass is 9.97. The Labute approximate surface area is 76.0 Å². The maximum atomic E-state index is 8.92. The van der Waals surface area contributed by atoms with Crippen molar-refractivity contribution in [1.29, 1.82) is 5.26 Å². The molecule has 0 aliphatic heterocycles. The molecule has 0 aliphatic rings. The summed E-state index contributed by atoms with van der Waals surface area (Å²) in [6, 6.07) is 2.32. The molecule has 0 rings (SSSR count). The average molecular weight is 168 g/mol. The SMILES string of the molecule is CCCC(C)(C#N)NCC(C)C. The maximum Gasteiger partial charge on any atom is 0.103 e. The molecule has 2 heteroatoms. The van der Waals surface area contributed by atoms with Crippen molar-refractivity contribution in [2.45, 2.75) is 46.1 Å². The van der Waals surface area contributed by atoms with E-state index in [1.54, 1.807) is 0 Å². The third-order valence-electron chi connectivity index (χ3n) is 1.90. The maximum absolute atomic E-state index is 8.92. The second-order valence-corrected chi connectivity index (χ2v) is 3.97. The number of hydrogen-bond donors (Lipinski definition) is 1. The van der Waals surface area contributed by atoms with Crippen molar-refractivity contribution in [3.8, 4) is 6.07 Å². The van der Waals surface area contributed by atoms with E-state index >= 15 is 0 Å². The summed E-state index contributed by atoms with van der Waals surface area (Å²) in [5.41, 5.74) is -0.320. The highest BCUT2D eigenvalue weighted by Gasteiger charge is 2.21. The van der Waals surface area contributed by atoms with Gasteiger partial charge in [-0.25, -0.2) is 0 Å². The minimum Gasteiger partial charge on any atom is -0.299 e. The van der Waals surface area contributed by atoms with Gasteiger partial charge < -0.3 is 0 Å². The van der Waals surface area contributed by atoms with Crippen LogP contribution in [0.4, 0.5) is 0 Å². The quantitative estimate of drug-likeness (QED) is 0.683. The van der Waals surface area contributed by atoms with E-state index < -0.39 is 0 Å². The van der Waals surface area contributed by atoms with Gasteiger partial charge >= 0.3 is 0 Å². The topological polar surface area (TPSA) is 35.8 Å². The van der Waals surface area contributed by atoms with Crippen molar-refractivity contribution < 1.29 is 0 Å². The van der Waals surface area contributed by atoms with Crippen LogP contribution in [0.15, 0.2) is 0 Å². The van der Waals surface area contributed by atoms with Gasteiger partial charge in [-0.05, 0) is 25.8 Å². The molecule has 0 aromatic heterocycles. The highest BCUT2D eigenvalue weighted by Crippen LogP contribution is 2.10. The minimum absolute atomic E-state index is 0.320. The van der Waals surface area contributed by atoms with Crippen LogP contribution >= 0.6 is 0 Å². The normalized spacial score (nSPS) is 15.7. The van der Waals surface area contributed by atoms with Crippen LogP contribution in [-0.2, 0) is 0 Å². The van der Waals surface area contributed by atoms with Gasteiger partial charge in [0.05, 0.1) is 6.07 Å². The van der Waals surface area contributed by atoms with Crippen molar-refractivity contribution in [3.05, 3.63) is 0 Å². The van der Waals surface area contributed by atoms with Gasteiger partial charge in [0.1, 0.15) is 5.54 Å². The molecule has 1 unspecified atom stereocenters. The van der Waals surface area contributed by atoms with Gasteiger partial charge in [0, 0.05) is 0 Å². The van der Waals surface area contributed by atoms with Crippen molar-refractivity contribution in [3.63, 3.8) is 0 Å². The van der Waals surface area contributed by atoms with E-state index in [-0.39, 0.29) is 5.54 Å². The summed E-state index contributed by atoms with van der Waals surface area (Å²) in [5, 5.41) is 12.2. The summed E-state index contributed by atoms with van der Waals surface area (Å²) >= 11 is 0. The smallest absolute Gasteiger partial charge is 0.103 e. The molecule has 0 aliphatic carbocycles. The van der Waals surface area contributed by atoms with Crippen LogP contribution in [0.5, 0.6) is 0 Å². The summed E-state index contributed by atoms with van der Waals surface area (Å²) < 4.78 is 0. The second-order valence-electron chi connectivity index (χ2n) is 3.97. The van der Waals surface area contributed by atoms with Crippen LogP contribution < -0.4 is 5.32 Å². The summed E-state index contributed by atoms with van der Waals surface area (Å²) in [7, 11) is 0. The summed E-state index contributed by atoms with van der Waals surface area (Å²) in [5.74, 6) is 0.606. The third-order valence-corrected chi connectivity index (χ3v) is 1.90. The van der Waals surface area contributed by atoms with Gasteiger partial charge in [-0.3, -0.25) is 5.32 Å². The molecule has 2 nitrogen and oxygen atoms in total. The van der Waals surface area contributed by atoms with E-state index in [1.165, 1.54) is 0 Å². The van der Waals surface area contributed by atoms with Gasteiger partial charge in [0.15, 0.2) is 0 Å². The molecule has 70 valence electrons. The molecule has 0 aromatic rings. The Morgan fingerprint density at radius 2 is 2.08 bits per heavy atom. The zero-order valence-corrected chi connectivity index (χ0v) is 8.65. The minimum atomic E-state index is -0.320. The molecule has 1 atom stereocenters. The fourth-order valence-electron chi connectivity index (χ4n) is 1.11. The first-order chi connectivity index (χ1) is 5.54. The molecule has 12 heavy (non-hydrogen) atoms. The van der Waals surface area contributed by atoms with Crippen molar-refractivity contribution >= 4 is 0 Å². The zero-order chi connectivity index (χ0) is 9.61. The fourth-order valence-corrected chi connectivity index (χ4v) is 1.11. The molecule has 1 N–H and O–H groups in total. The Bertz CT molecular complexity index is 158. The van der Waals surface area contributed by atoms with Crippen molar-refractivity contribution in [1.82, 2.24) is 5.32 Å². The number of nitriles is 1. The Kier molecular flexibility index (Phi) is 4.92. The molecule has 0 bridgehead atoms. The summed E-state index contributed by atoms with van der Waals surface area (Å²) in [6.07, 6.45) is 1.98. The van der Waals surface area contributed by atoms with E-state index in [2.05, 4.69) is 32.2 Å². The van der Waals surface area contributed by atoms with Crippen molar-refractivity contribution in [2.75, 3.05) is 6.54 Å². The van der Waals surface area contributed by atoms with E-state index in [1.807, 2.05) is 6.92 Å². The molecule has 0 heterocycles. The van der Waals surface area contributed by atoms with Gasteiger partial charge in [0.25, 0.3) is 0 Å². The number of hydrogen-bond acceptors (Lipinski definition) is 2. The summed E-state index contributed by atoms with van der Waals surface area (Å²) in [6.45, 7) is 9.29. The zero-order valence-electron chi connectivity index (χ0n) is 8.65. The monoisotopic (exact) mass is 168 g/mol. The van der Waals surface area contributed by atoms with E-state index in [0.717, 1.165) is 19.4 Å². The molecular weight excluding hydrogens is 148 g/mol. The molecule has 0 saturated carbocycles. The van der Waals surface area contributed by atoms with Crippen LogP contribution in [0.25, 0.3) is 0 Å². The third kappa shape index (κ3) is 4.35. The van der Waals surface area contributed by atoms with Gasteiger partial charge in [-0.2, -0.15) is 5.26 Å². The number of nitrogens with one attached hydrogen (secondary N) is 1. The molecule has 0 spiro atoms. The van der Waals surface area contributed by atoms with Crippen LogP contribution in [-0.4, -0.2) is 12.1 Å². The standard InChI is InChI=1S/C10H20N2/c1-5-6-10(4,8-11)12-7-9(2)3/h9,12H,5-7H2,1-4H3. The van der Waals surface area contributed by atoms with Crippen LogP contribution in [0, 0.1) is 17.2 Å². The Hall–Kier alpha value is -0.550. The first-order valence-electron chi connectivity index (χ1n) is 4.70. The lowest BCUT2D eigenvalue weighted by Crippen LogP contribution is -2.42. The molecule has 0 aromatic carbocycles. The second kappa shape index (κ2) is 5.16. The van der Waals surface area contributed by atoms with Crippen LogP contribution in [0.1, 0.15) is 40.5 Å². The Morgan fingerprint density at radius 1 is 1.50 bits per heavy atom. The van der Waals surface area contributed by atoms with E-state index in [4.69, 9.17) is 5.26 Å². The summed E-state index contributed by atoms with van der Waals surface area (Å²) in [4.78, 5) is 0. The molecular formula is C10H20N2. The first kappa shape index (κ1) is 11.4. The number of rotatable bonds is 5. The predicted octanol–water partition coefficient (Wildman–Crippen LogP) is 2.31. The predicted molar refractivity (Wildman–Crippen MR) is 51.8 cm³/mol. The fraction of sp³-hybridized carbons (Fsp3) is 0.900. The highest BCUT2D eigenvalue weighted by molar-refractivity contribution is 5.03. The highest BCUT2D eigenvalue weighted by atomic mass is 15.0. The first-order valence-corrected chi connectivity index (χ1v) is 4.70. The Morgan fingerprint density at radius 3 is 2.42 bits per heavy atom. The van der Waals surface area contributed by atoms with E-state index in [9.17, 15) is 0 Å². The van der Waals surface area contributed by atoms with Crippen LogP contribution in [0.2, 0.25) is 0 Å². The van der Waals surface area contributed by atoms with Gasteiger partial charge in [-0.1, -0.05) is 27.2 Å².